The van der Waals surface area contributed by atoms with Gasteiger partial charge >= 0.3 is 12.2 Å². The first-order valence-corrected chi connectivity index (χ1v) is 21.0. The largest absolute Gasteiger partial charge is 0.444 e. The van der Waals surface area contributed by atoms with Crippen molar-refractivity contribution in [1.82, 2.24) is 14.9 Å². The van der Waals surface area contributed by atoms with E-state index < -0.39 is 49.7 Å². The van der Waals surface area contributed by atoms with E-state index in [4.69, 9.17) is 18.9 Å². The van der Waals surface area contributed by atoms with Crippen molar-refractivity contribution in [2.75, 3.05) is 0 Å². The molecule has 4 rings (SSSR count). The van der Waals surface area contributed by atoms with Gasteiger partial charge in [-0.15, -0.1) is 0 Å². The van der Waals surface area contributed by atoms with E-state index in [2.05, 4.69) is 50.4 Å². The zero-order valence-corrected chi connectivity index (χ0v) is 35.1. The Balaban J connectivity index is 1.53. The van der Waals surface area contributed by atoms with Crippen molar-refractivity contribution in [2.24, 2.45) is 0 Å². The van der Waals surface area contributed by atoms with Crippen LogP contribution in [0.4, 0.5) is 14.0 Å². The number of halogens is 1. The van der Waals surface area contributed by atoms with Crippen LogP contribution in [0.3, 0.4) is 0 Å². The summed E-state index contributed by atoms with van der Waals surface area (Å²) in [5.74, 6) is -0.119. The lowest BCUT2D eigenvalue weighted by Gasteiger charge is -2.44. The number of aromatic nitrogens is 2. The lowest BCUT2D eigenvalue weighted by Crippen LogP contribution is -2.68. The molecule has 0 bridgehead atoms. The number of nitrogens with one attached hydrogen (secondary N) is 1. The monoisotopic (exact) mass is 771 g/mol. The first-order chi connectivity index (χ1) is 25.7. The Bertz CT molecular complexity index is 1840. The summed E-state index contributed by atoms with van der Waals surface area (Å²) in [6.45, 7) is 19.0. The molecule has 2 atom stereocenters. The summed E-state index contributed by atoms with van der Waals surface area (Å²) in [5.41, 5.74) is -0.554. The van der Waals surface area contributed by atoms with Crippen LogP contribution < -0.4 is 15.7 Å². The molecule has 0 saturated heterocycles. The number of amides is 1. The molecule has 3 aromatic carbocycles. The van der Waals surface area contributed by atoms with Gasteiger partial charge in [-0.05, 0) is 101 Å². The molecule has 0 aliphatic carbocycles. The molecule has 0 spiro atoms. The Morgan fingerprint density at radius 3 is 1.82 bits per heavy atom. The molecule has 1 aromatic heterocycles. The summed E-state index contributed by atoms with van der Waals surface area (Å²) < 4.78 is 33.4. The number of hydrogen-bond acceptors (Lipinski definition) is 7. The van der Waals surface area contributed by atoms with Gasteiger partial charge < -0.3 is 19.2 Å². The molecule has 11 heteroatoms. The lowest BCUT2D eigenvalue weighted by molar-refractivity contribution is -0.125. The Labute approximate surface area is 327 Å². The highest BCUT2D eigenvalue weighted by Gasteiger charge is 2.51. The molecule has 296 valence electrons. The van der Waals surface area contributed by atoms with Crippen LogP contribution in [0, 0.1) is 5.82 Å². The highest BCUT2D eigenvalue weighted by molar-refractivity contribution is 6.99. The molecule has 1 heterocycles. The van der Waals surface area contributed by atoms with Gasteiger partial charge in [-0.25, -0.2) is 23.5 Å². The fourth-order valence-electron chi connectivity index (χ4n) is 6.62. The van der Waals surface area contributed by atoms with Crippen molar-refractivity contribution in [3.8, 4) is 11.3 Å². The molecule has 0 saturated carbocycles. The third-order valence-electron chi connectivity index (χ3n) is 9.11. The maximum atomic E-state index is 13.8. The van der Waals surface area contributed by atoms with Crippen molar-refractivity contribution in [3.63, 3.8) is 0 Å². The maximum absolute atomic E-state index is 13.8. The third kappa shape index (κ3) is 11.7. The smallest absolute Gasteiger partial charge is 0.420 e. The number of hydrogen-bond donors (Lipinski definition) is 1. The Morgan fingerprint density at radius 2 is 1.31 bits per heavy atom. The number of carbonyl (C=O) groups is 3. The van der Waals surface area contributed by atoms with Crippen LogP contribution >= 0.6 is 0 Å². The quantitative estimate of drug-likeness (QED) is 0.101. The highest BCUT2D eigenvalue weighted by Crippen LogP contribution is 2.38. The summed E-state index contributed by atoms with van der Waals surface area (Å²) in [6, 6.07) is 25.6. The minimum atomic E-state index is -2.91. The minimum absolute atomic E-state index is 0.0285. The zero-order valence-electron chi connectivity index (χ0n) is 34.1. The number of benzene rings is 3. The third-order valence-corrected chi connectivity index (χ3v) is 14.2. The molecule has 1 amide bonds. The average molecular weight is 772 g/mol. The average Bonchev–Trinajstić information content (AvgIpc) is 3.54. The second-order valence-electron chi connectivity index (χ2n) is 17.0. The molecule has 1 N–H and O–H groups in total. The van der Waals surface area contributed by atoms with Gasteiger partial charge in [0.25, 0.3) is 8.32 Å². The van der Waals surface area contributed by atoms with Gasteiger partial charge in [-0.2, -0.15) is 0 Å². The van der Waals surface area contributed by atoms with Crippen LogP contribution in [0.1, 0.15) is 113 Å². The van der Waals surface area contributed by atoms with Crippen molar-refractivity contribution >= 4 is 36.7 Å². The summed E-state index contributed by atoms with van der Waals surface area (Å²) in [6.07, 6.45) is 2.17. The lowest BCUT2D eigenvalue weighted by atomic mass is 10.0. The molecular formula is C44H58FN3O6Si. The summed E-state index contributed by atoms with van der Waals surface area (Å²) in [5, 5.41) is 4.88. The summed E-state index contributed by atoms with van der Waals surface area (Å²) in [4.78, 5) is 45.1. The van der Waals surface area contributed by atoms with Crippen molar-refractivity contribution in [2.45, 2.75) is 130 Å². The summed E-state index contributed by atoms with van der Waals surface area (Å²) >= 11 is 0. The number of ether oxygens (including phenoxy) is 2. The van der Waals surface area contributed by atoms with E-state index in [9.17, 15) is 18.8 Å². The maximum Gasteiger partial charge on any atom is 0.420 e. The molecule has 1 unspecified atom stereocenters. The van der Waals surface area contributed by atoms with E-state index in [1.165, 1.54) is 22.9 Å². The number of unbranched alkanes of at least 4 members (excludes halogenated alkanes) is 2. The van der Waals surface area contributed by atoms with E-state index in [1.807, 2.05) is 43.3 Å². The second kappa shape index (κ2) is 17.9. The minimum Gasteiger partial charge on any atom is -0.444 e. The predicted octanol–water partition coefficient (Wildman–Crippen LogP) is 9.52. The Morgan fingerprint density at radius 1 is 0.764 bits per heavy atom. The van der Waals surface area contributed by atoms with Crippen LogP contribution in [-0.4, -0.2) is 53.1 Å². The van der Waals surface area contributed by atoms with E-state index in [1.54, 1.807) is 53.7 Å². The molecule has 0 aliphatic rings. The van der Waals surface area contributed by atoms with Crippen molar-refractivity contribution < 1.29 is 32.7 Å². The highest BCUT2D eigenvalue weighted by atomic mass is 28.4. The number of Topliss-reactive ketones (excluding diaryl/α,β-unsaturated/α-hetero) is 1. The van der Waals surface area contributed by atoms with Crippen LogP contribution in [0.5, 0.6) is 0 Å². The number of ketones is 1. The Hall–Kier alpha value is -4.61. The van der Waals surface area contributed by atoms with Crippen LogP contribution in [0.15, 0.2) is 91.1 Å². The van der Waals surface area contributed by atoms with E-state index in [-0.39, 0.29) is 16.6 Å². The first kappa shape index (κ1) is 43.1. The van der Waals surface area contributed by atoms with Gasteiger partial charge in [0.15, 0.2) is 5.78 Å². The van der Waals surface area contributed by atoms with E-state index in [0.29, 0.717) is 43.4 Å². The van der Waals surface area contributed by atoms with Crippen LogP contribution in [0.2, 0.25) is 5.04 Å². The van der Waals surface area contributed by atoms with Gasteiger partial charge in [0, 0.05) is 18.2 Å². The first-order valence-electron chi connectivity index (χ1n) is 19.1. The fourth-order valence-corrected chi connectivity index (χ4v) is 11.3. The van der Waals surface area contributed by atoms with Gasteiger partial charge in [-0.3, -0.25) is 4.79 Å². The normalized spacial score (nSPS) is 13.5. The molecular weight excluding hydrogens is 714 g/mol. The molecule has 55 heavy (non-hydrogen) atoms. The molecule has 4 aromatic rings. The van der Waals surface area contributed by atoms with Gasteiger partial charge in [0.1, 0.15) is 28.9 Å². The number of nitrogens with zero attached hydrogens (tertiary/aromatic N) is 2. The van der Waals surface area contributed by atoms with Crippen LogP contribution in [0.25, 0.3) is 11.3 Å². The molecule has 9 nitrogen and oxygen atoms in total. The number of rotatable bonds is 14. The van der Waals surface area contributed by atoms with Gasteiger partial charge in [-0.1, -0.05) is 94.3 Å². The number of alkyl carbamates (subject to hydrolysis) is 1. The van der Waals surface area contributed by atoms with E-state index in [0.717, 1.165) is 10.4 Å². The molecule has 0 aliphatic heterocycles. The number of carbonyl (C=O) groups excluding carboxylic acids is 3. The van der Waals surface area contributed by atoms with Crippen molar-refractivity contribution in [3.05, 3.63) is 103 Å². The number of imidazole rings is 1. The van der Waals surface area contributed by atoms with Crippen molar-refractivity contribution in [1.29, 1.82) is 0 Å². The summed E-state index contributed by atoms with van der Waals surface area (Å²) in [7, 11) is -2.91. The topological polar surface area (TPSA) is 109 Å². The zero-order chi connectivity index (χ0) is 40.6. The SMILES string of the molecule is CC(O[Si](c1ccccc1)(c1ccccc1)C(C)(C)C)C(=O)CCCCC[C@H](NC(=O)OC(C)(C)C)c1nc(-c2ccc(F)cc2)cn1C(=O)OC(C)(C)C. The fraction of sp³-hybridized carbons (Fsp3) is 0.455. The van der Waals surface area contributed by atoms with E-state index >= 15 is 0 Å². The molecule has 0 fully saturated rings. The predicted molar refractivity (Wildman–Crippen MR) is 218 cm³/mol. The van der Waals surface area contributed by atoms with Gasteiger partial charge in [0.05, 0.1) is 11.7 Å². The second-order valence-corrected chi connectivity index (χ2v) is 21.3. The van der Waals surface area contributed by atoms with Crippen LogP contribution in [-0.2, 0) is 18.7 Å². The standard InChI is InChI=1S/C44H58FN3O6Si/c1-31(54-55(44(8,9)10,34-20-14-11-15-21-34)35-22-16-12-17-23-35)38(49)25-19-13-18-24-36(47-40(50)52-42(2,3)4)39-46-37(32-26-28-33(45)29-27-32)30-48(39)41(51)53-43(5,6)7/h11-12,14-17,20-23,26-31,36H,13,18-19,24-25H2,1-10H3,(H,47,50)/t31?,36-/m0/s1. The molecule has 0 radical (unpaired) electrons. The Kier molecular flexibility index (Phi) is 14.0. The van der Waals surface area contributed by atoms with Gasteiger partial charge in [0.2, 0.25) is 0 Å².